The summed E-state index contributed by atoms with van der Waals surface area (Å²) in [5, 5.41) is 20.4. The first-order valence-electron chi connectivity index (χ1n) is 7.52. The number of aryl methyl sites for hydroxylation is 1. The number of hydrogen-bond donors (Lipinski definition) is 2. The predicted molar refractivity (Wildman–Crippen MR) is 82.1 cm³/mol. The predicted octanol–water partition coefficient (Wildman–Crippen LogP) is -1.72. The number of carboxylic acid groups (broad SMARTS) is 1. The Labute approximate surface area is 150 Å². The van der Waals surface area contributed by atoms with Crippen molar-refractivity contribution in [1.82, 2.24) is 25.1 Å². The molecular formula is C13H15N5O7S. The number of cyclic esters (lactones) is 1. The van der Waals surface area contributed by atoms with Gasteiger partial charge in [0.1, 0.15) is 19.0 Å². The number of thioether (sulfide) groups is 1. The molecule has 1 unspecified atom stereocenters. The minimum atomic E-state index is -2.19. The van der Waals surface area contributed by atoms with Gasteiger partial charge in [-0.15, -0.1) is 10.2 Å². The number of hydrogen-bond acceptors (Lipinski definition) is 9. The number of nitrogens with one attached hydrogen (secondary N) is 1. The molecule has 2 aliphatic rings. The largest absolute Gasteiger partial charge is 0.477 e. The van der Waals surface area contributed by atoms with Crippen LogP contribution in [0.25, 0.3) is 0 Å². The Hall–Kier alpha value is -2.67. The third-order valence-corrected chi connectivity index (χ3v) is 4.85. The molecule has 2 amide bonds. The monoisotopic (exact) mass is 385 g/mol. The molecule has 0 radical (unpaired) electrons. The molecule has 0 aliphatic carbocycles. The van der Waals surface area contributed by atoms with E-state index in [1.807, 2.05) is 0 Å². The molecule has 0 aromatic carbocycles. The summed E-state index contributed by atoms with van der Waals surface area (Å²) >= 11 is 1.13. The highest BCUT2D eigenvalue weighted by molar-refractivity contribution is 7.99. The van der Waals surface area contributed by atoms with Gasteiger partial charge in [-0.25, -0.2) is 4.79 Å². The van der Waals surface area contributed by atoms with Crippen LogP contribution in [0.2, 0.25) is 0 Å². The number of amides is 2. The minimum Gasteiger partial charge on any atom is -0.477 e. The van der Waals surface area contributed by atoms with Gasteiger partial charge in [-0.2, -0.15) is 5.06 Å². The lowest BCUT2D eigenvalue weighted by atomic mass is 10.1. The van der Waals surface area contributed by atoms with Crippen molar-refractivity contribution in [2.24, 2.45) is 7.05 Å². The van der Waals surface area contributed by atoms with Crippen LogP contribution in [0.5, 0.6) is 0 Å². The van der Waals surface area contributed by atoms with Gasteiger partial charge in [-0.1, -0.05) is 11.8 Å². The molecule has 2 aliphatic heterocycles. The average molecular weight is 385 g/mol. The number of nitrogens with zero attached hydrogens (tertiary/aromatic N) is 4. The van der Waals surface area contributed by atoms with Crippen LogP contribution < -0.4 is 5.32 Å². The molecule has 0 saturated carbocycles. The van der Waals surface area contributed by atoms with Gasteiger partial charge in [0.25, 0.3) is 5.91 Å². The molecule has 2 fully saturated rings. The second kappa shape index (κ2) is 6.92. The summed E-state index contributed by atoms with van der Waals surface area (Å²) in [5.41, 5.74) is -2.19. The average Bonchev–Trinajstić information content (AvgIpc) is 3.27. The normalized spacial score (nSPS) is 25.4. The minimum absolute atomic E-state index is 0.0185. The second-order valence-electron chi connectivity index (χ2n) is 5.63. The standard InChI is InChI=1S/C13H15N5O7S/c1-17-6-14-16-12(17)26-5-8(19)15-7-4-24-18(10(7)21)13(11(22)23)3-2-9(20)25-13/h6-7H,2-5H2,1H3,(H,15,19)(H,22,23)/t7-,13?/m0/s1. The Balaban J connectivity index is 1.60. The van der Waals surface area contributed by atoms with Gasteiger partial charge in [0.15, 0.2) is 5.16 Å². The summed E-state index contributed by atoms with van der Waals surface area (Å²) in [6, 6.07) is -1.07. The molecule has 1 aromatic rings. The van der Waals surface area contributed by atoms with E-state index in [1.54, 1.807) is 11.6 Å². The lowest BCUT2D eigenvalue weighted by Gasteiger charge is -2.30. The van der Waals surface area contributed by atoms with Crippen molar-refractivity contribution in [2.75, 3.05) is 12.4 Å². The number of aliphatic carboxylic acids is 1. The first-order chi connectivity index (χ1) is 12.3. The summed E-state index contributed by atoms with van der Waals surface area (Å²) in [5.74, 6) is -3.53. The van der Waals surface area contributed by atoms with E-state index in [4.69, 9.17) is 9.57 Å². The van der Waals surface area contributed by atoms with Gasteiger partial charge in [0, 0.05) is 13.5 Å². The Morgan fingerprint density at radius 3 is 2.85 bits per heavy atom. The van der Waals surface area contributed by atoms with Gasteiger partial charge >= 0.3 is 17.7 Å². The van der Waals surface area contributed by atoms with Crippen LogP contribution in [-0.4, -0.2) is 72.8 Å². The topological polar surface area (TPSA) is 153 Å². The van der Waals surface area contributed by atoms with Crippen molar-refractivity contribution >= 4 is 35.5 Å². The number of hydroxylamine groups is 2. The third-order valence-electron chi connectivity index (χ3n) is 3.82. The quantitative estimate of drug-likeness (QED) is 0.427. The number of ether oxygens (including phenoxy) is 1. The first kappa shape index (κ1) is 18.1. The van der Waals surface area contributed by atoms with Crippen molar-refractivity contribution in [2.45, 2.75) is 29.8 Å². The molecule has 1 aromatic heterocycles. The van der Waals surface area contributed by atoms with Gasteiger partial charge < -0.3 is 19.7 Å². The Morgan fingerprint density at radius 1 is 1.50 bits per heavy atom. The van der Waals surface area contributed by atoms with E-state index < -0.39 is 35.5 Å². The van der Waals surface area contributed by atoms with E-state index in [9.17, 15) is 24.3 Å². The van der Waals surface area contributed by atoms with Crippen LogP contribution in [-0.2, 0) is 35.8 Å². The number of aromatic nitrogens is 3. The van der Waals surface area contributed by atoms with Crippen LogP contribution in [0.3, 0.4) is 0 Å². The summed E-state index contributed by atoms with van der Waals surface area (Å²) in [7, 11) is 1.72. The second-order valence-corrected chi connectivity index (χ2v) is 6.57. The fourth-order valence-electron chi connectivity index (χ4n) is 2.52. The fourth-order valence-corrected chi connectivity index (χ4v) is 3.22. The van der Waals surface area contributed by atoms with Gasteiger partial charge in [-0.3, -0.25) is 19.2 Å². The van der Waals surface area contributed by atoms with Crippen molar-refractivity contribution in [3.63, 3.8) is 0 Å². The third kappa shape index (κ3) is 3.22. The van der Waals surface area contributed by atoms with E-state index >= 15 is 0 Å². The van der Waals surface area contributed by atoms with Gasteiger partial charge in [-0.05, 0) is 0 Å². The van der Waals surface area contributed by atoms with Crippen molar-refractivity contribution in [1.29, 1.82) is 0 Å². The van der Waals surface area contributed by atoms with E-state index in [-0.39, 0.29) is 25.2 Å². The molecule has 13 heteroatoms. The Bertz CT molecular complexity index is 768. The van der Waals surface area contributed by atoms with Crippen molar-refractivity contribution in [3.8, 4) is 0 Å². The lowest BCUT2D eigenvalue weighted by Crippen LogP contribution is -2.56. The van der Waals surface area contributed by atoms with Crippen LogP contribution in [0.4, 0.5) is 0 Å². The molecule has 3 heterocycles. The zero-order valence-electron chi connectivity index (χ0n) is 13.6. The SMILES string of the molecule is Cn1cnnc1SCC(=O)N[C@H]1CON(C2(C(=O)O)CCC(=O)O2)C1=O. The van der Waals surface area contributed by atoms with Crippen molar-refractivity contribution in [3.05, 3.63) is 6.33 Å². The molecule has 0 spiro atoms. The molecule has 26 heavy (non-hydrogen) atoms. The summed E-state index contributed by atoms with van der Waals surface area (Å²) in [6.07, 6.45) is 1.11. The van der Waals surface area contributed by atoms with Crippen molar-refractivity contribution < 1.29 is 33.9 Å². The number of esters is 1. The molecule has 3 rings (SSSR count). The maximum Gasteiger partial charge on any atom is 0.372 e. The van der Waals surface area contributed by atoms with Gasteiger partial charge in [0.05, 0.1) is 12.2 Å². The van der Waals surface area contributed by atoms with E-state index in [0.29, 0.717) is 10.2 Å². The maximum atomic E-state index is 12.4. The van der Waals surface area contributed by atoms with Crippen LogP contribution >= 0.6 is 11.8 Å². The number of rotatable bonds is 6. The number of carboxylic acids is 1. The molecule has 0 bridgehead atoms. The molecule has 2 saturated heterocycles. The first-order valence-corrected chi connectivity index (χ1v) is 8.50. The lowest BCUT2D eigenvalue weighted by molar-refractivity contribution is -0.256. The zero-order chi connectivity index (χ0) is 18.9. The molecule has 2 N–H and O–H groups in total. The Kier molecular flexibility index (Phi) is 4.82. The van der Waals surface area contributed by atoms with Crippen LogP contribution in [0.15, 0.2) is 11.5 Å². The summed E-state index contributed by atoms with van der Waals surface area (Å²) in [6.45, 7) is -0.258. The zero-order valence-corrected chi connectivity index (χ0v) is 14.4. The highest BCUT2D eigenvalue weighted by atomic mass is 32.2. The van der Waals surface area contributed by atoms with E-state index in [2.05, 4.69) is 15.5 Å². The smallest absolute Gasteiger partial charge is 0.372 e. The molecular weight excluding hydrogens is 370 g/mol. The van der Waals surface area contributed by atoms with Crippen LogP contribution in [0.1, 0.15) is 12.8 Å². The molecule has 2 atom stereocenters. The summed E-state index contributed by atoms with van der Waals surface area (Å²) < 4.78 is 6.47. The number of carbonyl (C=O) groups excluding carboxylic acids is 3. The van der Waals surface area contributed by atoms with Gasteiger partial charge in [0.2, 0.25) is 5.91 Å². The number of carbonyl (C=O) groups is 4. The van der Waals surface area contributed by atoms with E-state index in [1.165, 1.54) is 6.33 Å². The molecule has 12 nitrogen and oxygen atoms in total. The van der Waals surface area contributed by atoms with Crippen LogP contribution in [0, 0.1) is 0 Å². The molecule has 140 valence electrons. The maximum absolute atomic E-state index is 12.4. The fraction of sp³-hybridized carbons (Fsp3) is 0.538. The van der Waals surface area contributed by atoms with E-state index in [0.717, 1.165) is 11.8 Å². The Morgan fingerprint density at radius 2 is 2.27 bits per heavy atom. The highest BCUT2D eigenvalue weighted by Crippen LogP contribution is 2.34. The highest BCUT2D eigenvalue weighted by Gasteiger charge is 2.59. The summed E-state index contributed by atoms with van der Waals surface area (Å²) in [4.78, 5) is 52.5.